The Kier molecular flexibility index (Phi) is 2.59. The summed E-state index contributed by atoms with van der Waals surface area (Å²) < 4.78 is 4.93. The van der Waals surface area contributed by atoms with Crippen LogP contribution in [-0.4, -0.2) is 23.1 Å². The Morgan fingerprint density at radius 3 is 2.85 bits per heavy atom. The lowest BCUT2D eigenvalue weighted by atomic mass is 9.77. The molecule has 2 atom stereocenters. The van der Waals surface area contributed by atoms with E-state index in [-0.39, 0.29) is 24.9 Å². The predicted molar refractivity (Wildman–Crippen MR) is 45.1 cm³/mol. The van der Waals surface area contributed by atoms with E-state index >= 15 is 0 Å². The Hall–Kier alpha value is -1.06. The maximum absolute atomic E-state index is 11.1. The number of carbonyl (C=O) groups excluding carboxylic acids is 1. The summed E-state index contributed by atoms with van der Waals surface area (Å²) in [6.45, 7) is 3.61. The minimum atomic E-state index is -0.857. The van der Waals surface area contributed by atoms with Crippen LogP contribution in [-0.2, 0) is 14.3 Å². The van der Waals surface area contributed by atoms with Gasteiger partial charge < -0.3 is 9.84 Å². The van der Waals surface area contributed by atoms with E-state index in [1.807, 2.05) is 6.92 Å². The van der Waals surface area contributed by atoms with Gasteiger partial charge in [-0.1, -0.05) is 6.92 Å². The molecule has 4 nitrogen and oxygen atoms in total. The molecule has 1 rings (SSSR count). The van der Waals surface area contributed by atoms with E-state index in [4.69, 9.17) is 9.84 Å². The molecule has 0 aromatic carbocycles. The van der Waals surface area contributed by atoms with Gasteiger partial charge in [-0.05, 0) is 18.8 Å². The molecule has 2 unspecified atom stereocenters. The first-order valence-electron chi connectivity index (χ1n) is 4.33. The van der Waals surface area contributed by atoms with E-state index < -0.39 is 11.4 Å². The second-order valence-corrected chi connectivity index (χ2v) is 4.06. The Morgan fingerprint density at radius 1 is 1.77 bits per heavy atom. The number of hydrogen-bond acceptors (Lipinski definition) is 3. The third-order valence-corrected chi connectivity index (χ3v) is 2.26. The normalized spacial score (nSPS) is 34.0. The Morgan fingerprint density at radius 2 is 2.38 bits per heavy atom. The molecule has 0 aromatic rings. The average molecular weight is 186 g/mol. The van der Waals surface area contributed by atoms with Crippen LogP contribution in [0.3, 0.4) is 0 Å². The van der Waals surface area contributed by atoms with Crippen molar-refractivity contribution in [3.8, 4) is 0 Å². The van der Waals surface area contributed by atoms with Gasteiger partial charge in [0.1, 0.15) is 0 Å². The van der Waals surface area contributed by atoms with E-state index in [1.54, 1.807) is 6.92 Å². The third-order valence-electron chi connectivity index (χ3n) is 2.26. The van der Waals surface area contributed by atoms with Crippen LogP contribution in [0.2, 0.25) is 0 Å². The SMILES string of the molecule is CC1CC(C)(CC(=O)O)CC(=O)O1. The molecule has 0 aliphatic carbocycles. The maximum atomic E-state index is 11.1. The molecule has 0 spiro atoms. The molecule has 0 aromatic heterocycles. The molecular formula is C9H14O4. The van der Waals surface area contributed by atoms with Crippen LogP contribution < -0.4 is 0 Å². The number of hydrogen-bond donors (Lipinski definition) is 1. The molecule has 1 N–H and O–H groups in total. The quantitative estimate of drug-likeness (QED) is 0.658. The van der Waals surface area contributed by atoms with Gasteiger partial charge >= 0.3 is 11.9 Å². The number of carboxylic acids is 1. The van der Waals surface area contributed by atoms with Gasteiger partial charge in [0.2, 0.25) is 0 Å². The lowest BCUT2D eigenvalue weighted by molar-refractivity contribution is -0.162. The van der Waals surface area contributed by atoms with Crippen LogP contribution in [0.1, 0.15) is 33.1 Å². The summed E-state index contributed by atoms with van der Waals surface area (Å²) in [6.07, 6.45) is 0.715. The minimum absolute atomic E-state index is 0.0342. The van der Waals surface area contributed by atoms with Crippen LogP contribution in [0.15, 0.2) is 0 Å². The first-order chi connectivity index (χ1) is 5.91. The standard InChI is InChI=1S/C9H14O4/c1-6-3-9(2,4-7(10)11)5-8(12)13-6/h6H,3-5H2,1-2H3,(H,10,11). The molecule has 0 saturated carbocycles. The summed E-state index contributed by atoms with van der Waals surface area (Å²) in [6, 6.07) is 0. The minimum Gasteiger partial charge on any atom is -0.481 e. The summed E-state index contributed by atoms with van der Waals surface area (Å²) >= 11 is 0. The van der Waals surface area contributed by atoms with E-state index in [2.05, 4.69) is 0 Å². The number of cyclic esters (lactones) is 1. The van der Waals surface area contributed by atoms with Crippen molar-refractivity contribution in [3.63, 3.8) is 0 Å². The predicted octanol–water partition coefficient (Wildman–Crippen LogP) is 1.19. The zero-order valence-corrected chi connectivity index (χ0v) is 7.87. The van der Waals surface area contributed by atoms with Crippen molar-refractivity contribution in [2.75, 3.05) is 0 Å². The van der Waals surface area contributed by atoms with Gasteiger partial charge in [0.05, 0.1) is 18.9 Å². The molecule has 13 heavy (non-hydrogen) atoms. The fourth-order valence-corrected chi connectivity index (χ4v) is 1.92. The number of aliphatic carboxylic acids is 1. The lowest BCUT2D eigenvalue weighted by Crippen LogP contribution is -2.36. The van der Waals surface area contributed by atoms with Crippen LogP contribution in [0, 0.1) is 5.41 Å². The molecule has 1 fully saturated rings. The Bertz CT molecular complexity index is 232. The lowest BCUT2D eigenvalue weighted by Gasteiger charge is -2.34. The Labute approximate surface area is 76.9 Å². The Balaban J connectivity index is 2.66. The van der Waals surface area contributed by atoms with Crippen molar-refractivity contribution in [2.45, 2.75) is 39.2 Å². The van der Waals surface area contributed by atoms with Gasteiger partial charge in [0.25, 0.3) is 0 Å². The van der Waals surface area contributed by atoms with E-state index in [9.17, 15) is 9.59 Å². The molecule has 0 amide bonds. The smallest absolute Gasteiger partial charge is 0.306 e. The molecule has 1 aliphatic rings. The fourth-order valence-electron chi connectivity index (χ4n) is 1.92. The van der Waals surface area contributed by atoms with Crippen LogP contribution in [0.25, 0.3) is 0 Å². The second-order valence-electron chi connectivity index (χ2n) is 4.06. The fraction of sp³-hybridized carbons (Fsp3) is 0.778. The topological polar surface area (TPSA) is 63.6 Å². The number of rotatable bonds is 2. The van der Waals surface area contributed by atoms with Crippen molar-refractivity contribution in [3.05, 3.63) is 0 Å². The molecular weight excluding hydrogens is 172 g/mol. The van der Waals surface area contributed by atoms with E-state index in [1.165, 1.54) is 0 Å². The number of esters is 1. The van der Waals surface area contributed by atoms with E-state index in [0.29, 0.717) is 6.42 Å². The molecule has 1 saturated heterocycles. The van der Waals surface area contributed by atoms with Gasteiger partial charge in [-0.25, -0.2) is 0 Å². The first kappa shape index (κ1) is 10.0. The first-order valence-corrected chi connectivity index (χ1v) is 4.33. The largest absolute Gasteiger partial charge is 0.481 e. The highest BCUT2D eigenvalue weighted by Gasteiger charge is 2.37. The van der Waals surface area contributed by atoms with Gasteiger partial charge in [0.15, 0.2) is 0 Å². The van der Waals surface area contributed by atoms with Crippen molar-refractivity contribution in [2.24, 2.45) is 5.41 Å². The van der Waals surface area contributed by atoms with Crippen LogP contribution in [0.5, 0.6) is 0 Å². The molecule has 1 heterocycles. The summed E-state index contributed by atoms with van der Waals surface area (Å²) in [5, 5.41) is 8.65. The van der Waals surface area contributed by atoms with Gasteiger partial charge in [0, 0.05) is 0 Å². The molecule has 4 heteroatoms. The second kappa shape index (κ2) is 3.36. The number of ether oxygens (including phenoxy) is 1. The highest BCUT2D eigenvalue weighted by molar-refractivity contribution is 5.74. The third kappa shape index (κ3) is 2.72. The van der Waals surface area contributed by atoms with Crippen molar-refractivity contribution >= 4 is 11.9 Å². The zero-order valence-electron chi connectivity index (χ0n) is 7.87. The van der Waals surface area contributed by atoms with Gasteiger partial charge in [-0.15, -0.1) is 0 Å². The summed E-state index contributed by atoms with van der Waals surface area (Å²) in [7, 11) is 0. The van der Waals surface area contributed by atoms with Crippen LogP contribution >= 0.6 is 0 Å². The molecule has 0 radical (unpaired) electrons. The summed E-state index contributed by atoms with van der Waals surface area (Å²) in [4.78, 5) is 21.6. The number of carboxylic acid groups (broad SMARTS) is 1. The molecule has 1 aliphatic heterocycles. The highest BCUT2D eigenvalue weighted by atomic mass is 16.5. The van der Waals surface area contributed by atoms with E-state index in [0.717, 1.165) is 0 Å². The number of carbonyl (C=O) groups is 2. The van der Waals surface area contributed by atoms with Crippen LogP contribution in [0.4, 0.5) is 0 Å². The van der Waals surface area contributed by atoms with Gasteiger partial charge in [-0.3, -0.25) is 9.59 Å². The zero-order chi connectivity index (χ0) is 10.1. The molecule has 0 bridgehead atoms. The monoisotopic (exact) mass is 186 g/mol. The molecule has 74 valence electrons. The van der Waals surface area contributed by atoms with Crippen molar-refractivity contribution in [1.82, 2.24) is 0 Å². The average Bonchev–Trinajstić information content (AvgIpc) is 1.77. The van der Waals surface area contributed by atoms with Gasteiger partial charge in [-0.2, -0.15) is 0 Å². The van der Waals surface area contributed by atoms with Crippen molar-refractivity contribution < 1.29 is 19.4 Å². The maximum Gasteiger partial charge on any atom is 0.306 e. The van der Waals surface area contributed by atoms with Crippen molar-refractivity contribution in [1.29, 1.82) is 0 Å². The highest BCUT2D eigenvalue weighted by Crippen LogP contribution is 2.36. The summed E-state index contributed by atoms with van der Waals surface area (Å²) in [5.74, 6) is -1.15. The summed E-state index contributed by atoms with van der Waals surface area (Å²) in [5.41, 5.74) is -0.430.